The van der Waals surface area contributed by atoms with Gasteiger partial charge in [0.2, 0.25) is 0 Å². The summed E-state index contributed by atoms with van der Waals surface area (Å²) >= 11 is 5.25. The SMILES string of the molecule is N#Cc1c(N)c(F)cc(Cl)c1F. The molecule has 0 amide bonds. The van der Waals surface area contributed by atoms with Crippen LogP contribution < -0.4 is 5.73 Å². The summed E-state index contributed by atoms with van der Waals surface area (Å²) < 4.78 is 25.5. The van der Waals surface area contributed by atoms with E-state index in [1.807, 2.05) is 0 Å². The number of anilines is 1. The van der Waals surface area contributed by atoms with Crippen LogP contribution in [0.15, 0.2) is 6.07 Å². The number of rotatable bonds is 0. The van der Waals surface area contributed by atoms with E-state index in [-0.39, 0.29) is 0 Å². The van der Waals surface area contributed by atoms with Gasteiger partial charge >= 0.3 is 0 Å². The smallest absolute Gasteiger partial charge is 0.161 e. The van der Waals surface area contributed by atoms with Crippen LogP contribution in [0.5, 0.6) is 0 Å². The zero-order valence-corrected chi connectivity index (χ0v) is 6.49. The van der Waals surface area contributed by atoms with Crippen molar-refractivity contribution in [1.29, 1.82) is 5.26 Å². The van der Waals surface area contributed by atoms with Gasteiger partial charge in [-0.05, 0) is 6.07 Å². The Morgan fingerprint density at radius 1 is 1.50 bits per heavy atom. The van der Waals surface area contributed by atoms with E-state index in [4.69, 9.17) is 22.6 Å². The Morgan fingerprint density at radius 2 is 2.08 bits per heavy atom. The van der Waals surface area contributed by atoms with Crippen LogP contribution >= 0.6 is 11.6 Å². The summed E-state index contributed by atoms with van der Waals surface area (Å²) in [6, 6.07) is 2.15. The summed E-state index contributed by atoms with van der Waals surface area (Å²) in [6.45, 7) is 0. The second kappa shape index (κ2) is 2.95. The number of nitriles is 1. The minimum atomic E-state index is -0.988. The van der Waals surface area contributed by atoms with Gasteiger partial charge in [-0.15, -0.1) is 0 Å². The molecule has 62 valence electrons. The minimum Gasteiger partial charge on any atom is -0.395 e. The Hall–Kier alpha value is -1.34. The molecule has 2 N–H and O–H groups in total. The zero-order chi connectivity index (χ0) is 9.30. The maximum Gasteiger partial charge on any atom is 0.161 e. The molecule has 0 aromatic heterocycles. The first-order chi connectivity index (χ1) is 5.57. The first-order valence-corrected chi connectivity index (χ1v) is 3.28. The quantitative estimate of drug-likeness (QED) is 0.501. The molecule has 0 unspecified atom stereocenters. The van der Waals surface area contributed by atoms with E-state index in [0.717, 1.165) is 6.07 Å². The van der Waals surface area contributed by atoms with Crippen molar-refractivity contribution < 1.29 is 8.78 Å². The number of benzene rings is 1. The fourth-order valence-corrected chi connectivity index (χ4v) is 0.909. The van der Waals surface area contributed by atoms with Crippen LogP contribution in [0.1, 0.15) is 5.56 Å². The van der Waals surface area contributed by atoms with Crippen molar-refractivity contribution in [2.24, 2.45) is 0 Å². The van der Waals surface area contributed by atoms with Crippen molar-refractivity contribution in [3.63, 3.8) is 0 Å². The maximum absolute atomic E-state index is 12.8. The Morgan fingerprint density at radius 3 is 2.58 bits per heavy atom. The molecule has 5 heteroatoms. The summed E-state index contributed by atoms with van der Waals surface area (Å²) in [4.78, 5) is 0. The van der Waals surface area contributed by atoms with Crippen molar-refractivity contribution >= 4 is 17.3 Å². The molecule has 1 aromatic carbocycles. The predicted octanol–water partition coefficient (Wildman–Crippen LogP) is 2.07. The van der Waals surface area contributed by atoms with Crippen molar-refractivity contribution in [2.45, 2.75) is 0 Å². The molecular weight excluding hydrogens is 186 g/mol. The normalized spacial score (nSPS) is 9.50. The summed E-state index contributed by atoms with van der Waals surface area (Å²) in [7, 11) is 0. The van der Waals surface area contributed by atoms with Crippen LogP contribution in [0.3, 0.4) is 0 Å². The topological polar surface area (TPSA) is 49.8 Å². The molecule has 0 heterocycles. The van der Waals surface area contributed by atoms with Crippen LogP contribution in [0.4, 0.5) is 14.5 Å². The molecule has 0 bridgehead atoms. The van der Waals surface area contributed by atoms with Gasteiger partial charge in [0.1, 0.15) is 17.4 Å². The van der Waals surface area contributed by atoms with Crippen LogP contribution in [0.25, 0.3) is 0 Å². The minimum absolute atomic E-state index is 0.446. The summed E-state index contributed by atoms with van der Waals surface area (Å²) in [5, 5.41) is 7.91. The number of hydrogen-bond acceptors (Lipinski definition) is 2. The second-order valence-electron chi connectivity index (χ2n) is 2.05. The van der Waals surface area contributed by atoms with E-state index in [1.165, 1.54) is 6.07 Å². The summed E-state index contributed by atoms with van der Waals surface area (Å²) in [5.41, 5.74) is 4.00. The lowest BCUT2D eigenvalue weighted by molar-refractivity contribution is 0.601. The van der Waals surface area contributed by atoms with Crippen molar-refractivity contribution in [3.05, 3.63) is 28.3 Å². The third-order valence-electron chi connectivity index (χ3n) is 1.32. The Balaban J connectivity index is 3.56. The van der Waals surface area contributed by atoms with Gasteiger partial charge in [0.25, 0.3) is 0 Å². The Bertz CT molecular complexity index is 344. The zero-order valence-electron chi connectivity index (χ0n) is 5.74. The maximum atomic E-state index is 12.8. The van der Waals surface area contributed by atoms with Gasteiger partial charge in [-0.1, -0.05) is 11.6 Å². The average Bonchev–Trinajstić information content (AvgIpc) is 2.02. The summed E-state index contributed by atoms with van der Waals surface area (Å²) in [6.07, 6.45) is 0. The molecule has 1 rings (SSSR count). The van der Waals surface area contributed by atoms with Crippen LogP contribution in [0, 0.1) is 23.0 Å². The third-order valence-corrected chi connectivity index (χ3v) is 1.60. The lowest BCUT2D eigenvalue weighted by Gasteiger charge is -2.01. The highest BCUT2D eigenvalue weighted by Gasteiger charge is 2.14. The van der Waals surface area contributed by atoms with Gasteiger partial charge in [0.05, 0.1) is 10.7 Å². The van der Waals surface area contributed by atoms with E-state index in [2.05, 4.69) is 0 Å². The third kappa shape index (κ3) is 1.19. The molecule has 0 aliphatic heterocycles. The second-order valence-corrected chi connectivity index (χ2v) is 2.46. The molecule has 0 aliphatic rings. The van der Waals surface area contributed by atoms with Gasteiger partial charge in [0, 0.05) is 0 Å². The molecule has 0 atom stereocenters. The molecular formula is C7H3ClF2N2. The lowest BCUT2D eigenvalue weighted by Crippen LogP contribution is -1.98. The van der Waals surface area contributed by atoms with Gasteiger partial charge < -0.3 is 5.73 Å². The molecule has 0 spiro atoms. The molecule has 0 saturated heterocycles. The van der Waals surface area contributed by atoms with Crippen LogP contribution in [-0.4, -0.2) is 0 Å². The number of nitrogens with two attached hydrogens (primary N) is 1. The number of halogens is 3. The Labute approximate surface area is 72.2 Å². The number of nitrogen functional groups attached to an aromatic ring is 1. The van der Waals surface area contributed by atoms with Gasteiger partial charge in [-0.2, -0.15) is 5.26 Å². The fraction of sp³-hybridized carbons (Fsp3) is 0. The van der Waals surface area contributed by atoms with Crippen LogP contribution in [0.2, 0.25) is 5.02 Å². The predicted molar refractivity (Wildman–Crippen MR) is 40.5 cm³/mol. The lowest BCUT2D eigenvalue weighted by atomic mass is 10.2. The number of hydrogen-bond donors (Lipinski definition) is 1. The van der Waals surface area contributed by atoms with Crippen LogP contribution in [-0.2, 0) is 0 Å². The largest absolute Gasteiger partial charge is 0.395 e. The van der Waals surface area contributed by atoms with Gasteiger partial charge in [-0.3, -0.25) is 0 Å². The molecule has 1 aromatic rings. The van der Waals surface area contributed by atoms with E-state index < -0.39 is 27.9 Å². The average molecular weight is 189 g/mol. The van der Waals surface area contributed by atoms with E-state index in [1.54, 1.807) is 0 Å². The molecule has 0 saturated carbocycles. The highest BCUT2D eigenvalue weighted by atomic mass is 35.5. The first-order valence-electron chi connectivity index (χ1n) is 2.91. The monoisotopic (exact) mass is 188 g/mol. The molecule has 0 radical (unpaired) electrons. The van der Waals surface area contributed by atoms with E-state index >= 15 is 0 Å². The highest BCUT2D eigenvalue weighted by molar-refractivity contribution is 6.31. The number of nitrogens with zero attached hydrogens (tertiary/aromatic N) is 1. The van der Waals surface area contributed by atoms with Crippen molar-refractivity contribution in [2.75, 3.05) is 5.73 Å². The molecule has 12 heavy (non-hydrogen) atoms. The standard InChI is InChI=1S/C7H3ClF2N2/c8-4-1-5(9)7(12)3(2-11)6(4)10/h1H,12H2. The Kier molecular flexibility index (Phi) is 2.15. The van der Waals surface area contributed by atoms with Crippen molar-refractivity contribution in [3.8, 4) is 6.07 Å². The van der Waals surface area contributed by atoms with E-state index in [9.17, 15) is 8.78 Å². The molecule has 2 nitrogen and oxygen atoms in total. The molecule has 0 aliphatic carbocycles. The van der Waals surface area contributed by atoms with Crippen molar-refractivity contribution in [1.82, 2.24) is 0 Å². The summed E-state index contributed by atoms with van der Waals surface area (Å²) in [5.74, 6) is -1.88. The fourth-order valence-electron chi connectivity index (χ4n) is 0.719. The van der Waals surface area contributed by atoms with E-state index in [0.29, 0.717) is 0 Å². The first kappa shape index (κ1) is 8.75. The molecule has 0 fully saturated rings. The highest BCUT2D eigenvalue weighted by Crippen LogP contribution is 2.25. The van der Waals surface area contributed by atoms with Gasteiger partial charge in [-0.25, -0.2) is 8.78 Å². The van der Waals surface area contributed by atoms with Gasteiger partial charge in [0.15, 0.2) is 5.82 Å².